The molecule has 2 fully saturated rings. The fraction of sp³-hybridized carbons (Fsp3) is 0.480. The molecule has 33 heavy (non-hydrogen) atoms. The number of carbonyl (C=O) groups excluding carboxylic acids is 1. The normalized spacial score (nSPS) is 23.4. The summed E-state index contributed by atoms with van der Waals surface area (Å²) in [6.45, 7) is 1.68. The van der Waals surface area contributed by atoms with Crippen molar-refractivity contribution in [2.75, 3.05) is 18.4 Å². The maximum Gasteiger partial charge on any atom is 0.237 e. The largest absolute Gasteiger partial charge is 0.367 e. The first kappa shape index (κ1) is 22.2. The summed E-state index contributed by atoms with van der Waals surface area (Å²) in [5, 5.41) is 11.6. The number of hydrogen-bond donors (Lipinski definition) is 4. The molecule has 3 unspecified atom stereocenters. The number of nitrogens with zero attached hydrogens (tertiary/aromatic N) is 2. The Morgan fingerprint density at radius 1 is 1.18 bits per heavy atom. The minimum atomic E-state index is -0.0231. The highest BCUT2D eigenvalue weighted by atomic mass is 35.5. The monoisotopic (exact) mass is 466 g/mol. The lowest BCUT2D eigenvalue weighted by molar-refractivity contribution is -0.123. The van der Waals surface area contributed by atoms with E-state index in [1.807, 2.05) is 18.3 Å². The fourth-order valence-corrected chi connectivity index (χ4v) is 5.39. The van der Waals surface area contributed by atoms with E-state index in [4.69, 9.17) is 11.6 Å². The Hall–Kier alpha value is -2.64. The van der Waals surface area contributed by atoms with Crippen molar-refractivity contribution in [3.05, 3.63) is 41.8 Å². The van der Waals surface area contributed by atoms with E-state index in [9.17, 15) is 4.79 Å². The molecular weight excluding hydrogens is 436 g/mol. The molecule has 174 valence electrons. The molecule has 0 aromatic carbocycles. The van der Waals surface area contributed by atoms with Gasteiger partial charge in [0.05, 0.1) is 6.04 Å². The second-order valence-electron chi connectivity index (χ2n) is 9.29. The zero-order valence-corrected chi connectivity index (χ0v) is 19.5. The topological polar surface area (TPSA) is 94.7 Å². The number of aromatic nitrogens is 3. The molecule has 4 N–H and O–H groups in total. The summed E-state index contributed by atoms with van der Waals surface area (Å²) in [5.74, 6) is 1.41. The van der Waals surface area contributed by atoms with Crippen molar-refractivity contribution in [2.45, 2.75) is 57.0 Å². The molecule has 1 aliphatic heterocycles. The highest BCUT2D eigenvalue weighted by molar-refractivity contribution is 6.29. The maximum atomic E-state index is 12.5. The van der Waals surface area contributed by atoms with E-state index >= 15 is 0 Å². The van der Waals surface area contributed by atoms with Crippen LogP contribution in [0.4, 0.5) is 5.82 Å². The minimum Gasteiger partial charge on any atom is -0.367 e. The summed E-state index contributed by atoms with van der Waals surface area (Å²) in [4.78, 5) is 24.6. The predicted molar refractivity (Wildman–Crippen MR) is 132 cm³/mol. The third-order valence-electron chi connectivity index (χ3n) is 6.88. The van der Waals surface area contributed by atoms with Crippen LogP contribution in [0.15, 0.2) is 36.7 Å². The molecule has 1 amide bonds. The number of nitrogens with one attached hydrogen (secondary N) is 4. The molecular formula is C25H31ClN6O. The number of carbonyl (C=O) groups is 1. The van der Waals surface area contributed by atoms with Crippen LogP contribution in [0.2, 0.25) is 5.15 Å². The Bertz CT molecular complexity index is 1110. The second kappa shape index (κ2) is 10.1. The van der Waals surface area contributed by atoms with Crippen LogP contribution in [0.25, 0.3) is 22.2 Å². The van der Waals surface area contributed by atoms with Crippen LogP contribution in [-0.4, -0.2) is 46.0 Å². The standard InChI is InChI=1S/C25H31ClN6O/c26-22-12-17(20-15-29-24-19(20)7-4-10-28-24)13-23(32-22)31-18-6-3-5-16(11-18)14-30-25(33)21-8-1-2-9-27-21/h4,7,10,12-13,15-16,18,21,27H,1-3,5-6,8-9,11,14H2,(H,28,29)(H,30,33)(H,31,32). The number of anilines is 1. The summed E-state index contributed by atoms with van der Waals surface area (Å²) in [5.41, 5.74) is 2.93. The van der Waals surface area contributed by atoms with Crippen molar-refractivity contribution >= 4 is 34.4 Å². The molecule has 0 radical (unpaired) electrons. The van der Waals surface area contributed by atoms with Crippen LogP contribution in [0.3, 0.4) is 0 Å². The van der Waals surface area contributed by atoms with Gasteiger partial charge in [0.1, 0.15) is 16.6 Å². The van der Waals surface area contributed by atoms with Gasteiger partial charge in [-0.3, -0.25) is 4.79 Å². The lowest BCUT2D eigenvalue weighted by Crippen LogP contribution is -2.48. The van der Waals surface area contributed by atoms with Crippen molar-refractivity contribution in [2.24, 2.45) is 5.92 Å². The Kier molecular flexibility index (Phi) is 6.78. The number of halogens is 1. The third kappa shape index (κ3) is 5.31. The van der Waals surface area contributed by atoms with Crippen LogP contribution in [0, 0.1) is 5.92 Å². The lowest BCUT2D eigenvalue weighted by atomic mass is 9.85. The summed E-state index contributed by atoms with van der Waals surface area (Å²) in [7, 11) is 0. The highest BCUT2D eigenvalue weighted by Crippen LogP contribution is 2.32. The van der Waals surface area contributed by atoms with E-state index in [0.717, 1.165) is 86.0 Å². The first-order chi connectivity index (χ1) is 16.2. The van der Waals surface area contributed by atoms with E-state index in [0.29, 0.717) is 17.1 Å². The van der Waals surface area contributed by atoms with Gasteiger partial charge in [-0.25, -0.2) is 9.97 Å². The van der Waals surface area contributed by atoms with Crippen molar-refractivity contribution in [1.29, 1.82) is 0 Å². The minimum absolute atomic E-state index is 0.0231. The van der Waals surface area contributed by atoms with Gasteiger partial charge >= 0.3 is 0 Å². The van der Waals surface area contributed by atoms with Gasteiger partial charge in [-0.1, -0.05) is 24.4 Å². The molecule has 3 aromatic heterocycles. The number of hydrogen-bond acceptors (Lipinski definition) is 5. The molecule has 1 saturated carbocycles. The van der Waals surface area contributed by atoms with Crippen molar-refractivity contribution in [3.8, 4) is 11.1 Å². The van der Waals surface area contributed by atoms with E-state index in [1.165, 1.54) is 0 Å². The van der Waals surface area contributed by atoms with Crippen LogP contribution in [-0.2, 0) is 4.79 Å². The average molecular weight is 467 g/mol. The van der Waals surface area contributed by atoms with Gasteiger partial charge < -0.3 is 20.9 Å². The van der Waals surface area contributed by atoms with Crippen LogP contribution in [0.5, 0.6) is 0 Å². The van der Waals surface area contributed by atoms with E-state index in [1.54, 1.807) is 6.20 Å². The summed E-state index contributed by atoms with van der Waals surface area (Å²) in [6.07, 6.45) is 11.4. The van der Waals surface area contributed by atoms with Crippen LogP contribution in [0.1, 0.15) is 44.9 Å². The molecule has 4 heterocycles. The lowest BCUT2D eigenvalue weighted by Gasteiger charge is -2.31. The Morgan fingerprint density at radius 2 is 2.12 bits per heavy atom. The number of H-pyrrole nitrogens is 1. The van der Waals surface area contributed by atoms with Gasteiger partial charge in [0.2, 0.25) is 5.91 Å². The Labute approximate surface area is 199 Å². The zero-order chi connectivity index (χ0) is 22.6. The van der Waals surface area contributed by atoms with Gasteiger partial charge in [-0.05, 0) is 74.4 Å². The SMILES string of the molecule is O=C(NCC1CCCC(Nc2cc(-c3c[nH]c4ncccc34)cc(Cl)n2)C1)C1CCCCN1. The highest BCUT2D eigenvalue weighted by Gasteiger charge is 2.25. The van der Waals surface area contributed by atoms with Gasteiger partial charge in [0.25, 0.3) is 0 Å². The van der Waals surface area contributed by atoms with E-state index < -0.39 is 0 Å². The molecule has 1 aliphatic carbocycles. The van der Waals surface area contributed by atoms with Gasteiger partial charge in [0.15, 0.2) is 0 Å². The first-order valence-corrected chi connectivity index (χ1v) is 12.4. The number of piperidine rings is 1. The molecule has 0 bridgehead atoms. The predicted octanol–water partition coefficient (Wildman–Crippen LogP) is 4.51. The van der Waals surface area contributed by atoms with E-state index in [-0.39, 0.29) is 11.9 Å². The number of rotatable bonds is 6. The zero-order valence-electron chi connectivity index (χ0n) is 18.7. The molecule has 3 atom stereocenters. The molecule has 3 aromatic rings. The third-order valence-corrected chi connectivity index (χ3v) is 7.08. The molecule has 1 saturated heterocycles. The quantitative estimate of drug-likeness (QED) is 0.401. The average Bonchev–Trinajstić information content (AvgIpc) is 3.27. The first-order valence-electron chi connectivity index (χ1n) is 12.0. The van der Waals surface area contributed by atoms with Gasteiger partial charge in [0, 0.05) is 35.9 Å². The fourth-order valence-electron chi connectivity index (χ4n) is 5.18. The molecule has 2 aliphatic rings. The van der Waals surface area contributed by atoms with Crippen molar-refractivity contribution < 1.29 is 4.79 Å². The molecule has 5 rings (SSSR count). The number of aromatic amines is 1. The van der Waals surface area contributed by atoms with Crippen LogP contribution < -0.4 is 16.0 Å². The number of fused-ring (bicyclic) bond motifs is 1. The van der Waals surface area contributed by atoms with E-state index in [2.05, 4.69) is 43.0 Å². The smallest absolute Gasteiger partial charge is 0.237 e. The maximum absolute atomic E-state index is 12.5. The number of pyridine rings is 2. The van der Waals surface area contributed by atoms with Crippen LogP contribution >= 0.6 is 11.6 Å². The summed E-state index contributed by atoms with van der Waals surface area (Å²) >= 11 is 6.39. The summed E-state index contributed by atoms with van der Waals surface area (Å²) in [6, 6.07) is 8.23. The molecule has 0 spiro atoms. The van der Waals surface area contributed by atoms with Gasteiger partial charge in [-0.2, -0.15) is 0 Å². The van der Waals surface area contributed by atoms with Crippen molar-refractivity contribution in [1.82, 2.24) is 25.6 Å². The Morgan fingerprint density at radius 3 is 3.00 bits per heavy atom. The molecule has 8 heteroatoms. The number of amides is 1. The van der Waals surface area contributed by atoms with Gasteiger partial charge in [-0.15, -0.1) is 0 Å². The van der Waals surface area contributed by atoms with Crippen molar-refractivity contribution in [3.63, 3.8) is 0 Å². The molecule has 7 nitrogen and oxygen atoms in total. The second-order valence-corrected chi connectivity index (χ2v) is 9.67. The summed E-state index contributed by atoms with van der Waals surface area (Å²) < 4.78 is 0. The Balaban J connectivity index is 1.22.